The lowest BCUT2D eigenvalue weighted by atomic mass is 10.1. The van der Waals surface area contributed by atoms with Crippen molar-refractivity contribution in [3.8, 4) is 0 Å². The van der Waals surface area contributed by atoms with Crippen molar-refractivity contribution in [2.45, 2.75) is 20.4 Å². The van der Waals surface area contributed by atoms with Crippen LogP contribution >= 0.6 is 0 Å². The highest BCUT2D eigenvalue weighted by molar-refractivity contribution is 5.95. The molecule has 0 atom stereocenters. The Kier molecular flexibility index (Phi) is 6.74. The largest absolute Gasteiger partial charge is 0.460 e. The van der Waals surface area contributed by atoms with Gasteiger partial charge in [-0.1, -0.05) is 31.2 Å². The van der Waals surface area contributed by atoms with Gasteiger partial charge in [0, 0.05) is 43.8 Å². The van der Waals surface area contributed by atoms with Crippen LogP contribution in [0.2, 0.25) is 0 Å². The molecular weight excluding hydrogens is 390 g/mol. The quantitative estimate of drug-likeness (QED) is 0.586. The fourth-order valence-corrected chi connectivity index (χ4v) is 3.81. The van der Waals surface area contributed by atoms with Crippen LogP contribution in [0.25, 0.3) is 10.9 Å². The molecule has 0 bridgehead atoms. The van der Waals surface area contributed by atoms with Gasteiger partial charge in [-0.15, -0.1) is 0 Å². The van der Waals surface area contributed by atoms with Crippen molar-refractivity contribution >= 4 is 28.4 Å². The van der Waals surface area contributed by atoms with Crippen LogP contribution < -0.4 is 5.32 Å². The van der Waals surface area contributed by atoms with Gasteiger partial charge < -0.3 is 15.0 Å². The Hall–Kier alpha value is -3.03. The van der Waals surface area contributed by atoms with Crippen molar-refractivity contribution < 1.29 is 9.53 Å². The number of likely N-dealkylation sites (N-methyl/N-ethyl adjacent to an activating group) is 1. The number of hydrogen-bond acceptors (Lipinski definition) is 7. The van der Waals surface area contributed by atoms with Gasteiger partial charge in [0.05, 0.1) is 12.1 Å². The minimum Gasteiger partial charge on any atom is -0.460 e. The summed E-state index contributed by atoms with van der Waals surface area (Å²) >= 11 is 0. The summed E-state index contributed by atoms with van der Waals surface area (Å²) in [6.07, 6.45) is 0. The number of esters is 1. The molecule has 1 aliphatic rings. The van der Waals surface area contributed by atoms with Gasteiger partial charge in [0.25, 0.3) is 0 Å². The maximum absolute atomic E-state index is 12.2. The van der Waals surface area contributed by atoms with Gasteiger partial charge in [0.2, 0.25) is 5.82 Å². The maximum Gasteiger partial charge on any atom is 0.376 e. The van der Waals surface area contributed by atoms with Gasteiger partial charge in [-0.05, 0) is 43.3 Å². The third kappa shape index (κ3) is 5.18. The van der Waals surface area contributed by atoms with E-state index in [-0.39, 0.29) is 12.4 Å². The lowest BCUT2D eigenvalue weighted by Gasteiger charge is -2.34. The van der Waals surface area contributed by atoms with E-state index in [2.05, 4.69) is 56.3 Å². The third-order valence-electron chi connectivity index (χ3n) is 5.60. The van der Waals surface area contributed by atoms with Gasteiger partial charge in [-0.25, -0.2) is 14.8 Å². The molecule has 0 amide bonds. The first-order chi connectivity index (χ1) is 15.2. The molecule has 7 heteroatoms. The number of carbonyl (C=O) groups is 1. The lowest BCUT2D eigenvalue weighted by molar-refractivity contribution is 0.0512. The number of para-hydroxylation sites is 1. The van der Waals surface area contributed by atoms with Crippen LogP contribution in [0.1, 0.15) is 30.0 Å². The predicted octanol–water partition coefficient (Wildman–Crippen LogP) is 3.69. The SMILES string of the molecule is CCOC(=O)c1nc(Nc2ccc(CN3CCN(CC)CC3)cc2)c2ccccc2n1. The van der Waals surface area contributed by atoms with Crippen molar-refractivity contribution in [2.24, 2.45) is 0 Å². The topological polar surface area (TPSA) is 70.6 Å². The second-order valence-corrected chi connectivity index (χ2v) is 7.67. The number of hydrogen-bond donors (Lipinski definition) is 1. The van der Waals surface area contributed by atoms with E-state index in [9.17, 15) is 4.79 Å². The Bertz CT molecular complexity index is 1030. The number of anilines is 2. The molecule has 162 valence electrons. The zero-order valence-electron chi connectivity index (χ0n) is 18.2. The predicted molar refractivity (Wildman–Crippen MR) is 123 cm³/mol. The molecule has 0 saturated carbocycles. The van der Waals surface area contributed by atoms with Crippen LogP contribution in [-0.4, -0.2) is 65.1 Å². The molecule has 31 heavy (non-hydrogen) atoms. The molecule has 1 aromatic heterocycles. The minimum atomic E-state index is -0.519. The van der Waals surface area contributed by atoms with Gasteiger partial charge in [-0.3, -0.25) is 4.90 Å². The van der Waals surface area contributed by atoms with Crippen molar-refractivity contribution in [1.82, 2.24) is 19.8 Å². The van der Waals surface area contributed by atoms with Crippen molar-refractivity contribution in [3.05, 3.63) is 59.9 Å². The van der Waals surface area contributed by atoms with E-state index >= 15 is 0 Å². The summed E-state index contributed by atoms with van der Waals surface area (Å²) in [7, 11) is 0. The first-order valence-electron chi connectivity index (χ1n) is 10.9. The fourth-order valence-electron chi connectivity index (χ4n) is 3.81. The number of aromatic nitrogens is 2. The van der Waals surface area contributed by atoms with Crippen molar-refractivity contribution in [3.63, 3.8) is 0 Å². The van der Waals surface area contributed by atoms with Crippen molar-refractivity contribution in [1.29, 1.82) is 0 Å². The van der Waals surface area contributed by atoms with Crippen LogP contribution in [0.5, 0.6) is 0 Å². The Morgan fingerprint density at radius 3 is 2.39 bits per heavy atom. The highest BCUT2D eigenvalue weighted by Gasteiger charge is 2.16. The molecule has 4 rings (SSSR count). The summed E-state index contributed by atoms with van der Waals surface area (Å²) in [5, 5.41) is 4.20. The molecule has 1 aliphatic heterocycles. The molecule has 1 fully saturated rings. The highest BCUT2D eigenvalue weighted by atomic mass is 16.5. The number of ether oxygens (including phenoxy) is 1. The van der Waals surface area contributed by atoms with Crippen LogP contribution in [0.15, 0.2) is 48.5 Å². The maximum atomic E-state index is 12.2. The number of nitrogens with zero attached hydrogens (tertiary/aromatic N) is 4. The number of benzene rings is 2. The van der Waals surface area contributed by atoms with Crippen LogP contribution in [-0.2, 0) is 11.3 Å². The summed E-state index contributed by atoms with van der Waals surface area (Å²) < 4.78 is 5.08. The summed E-state index contributed by atoms with van der Waals surface area (Å²) in [6, 6.07) is 16.0. The van der Waals surface area contributed by atoms with E-state index in [1.165, 1.54) is 5.56 Å². The van der Waals surface area contributed by atoms with Crippen LogP contribution in [0, 0.1) is 0 Å². The van der Waals surface area contributed by atoms with E-state index in [0.29, 0.717) is 11.3 Å². The van der Waals surface area contributed by atoms with E-state index < -0.39 is 5.97 Å². The number of carbonyl (C=O) groups excluding carboxylic acids is 1. The van der Waals surface area contributed by atoms with Gasteiger partial charge in [0.1, 0.15) is 5.82 Å². The summed E-state index contributed by atoms with van der Waals surface area (Å²) in [5.74, 6) is 0.137. The fraction of sp³-hybridized carbons (Fsp3) is 0.375. The smallest absolute Gasteiger partial charge is 0.376 e. The lowest BCUT2D eigenvalue weighted by Crippen LogP contribution is -2.45. The first-order valence-corrected chi connectivity index (χ1v) is 10.9. The number of piperazine rings is 1. The minimum absolute atomic E-state index is 0.0610. The molecule has 7 nitrogen and oxygen atoms in total. The molecular formula is C24H29N5O2. The first kappa shape index (κ1) is 21.2. The van der Waals surface area contributed by atoms with Gasteiger partial charge in [-0.2, -0.15) is 0 Å². The Morgan fingerprint density at radius 1 is 0.968 bits per heavy atom. The number of rotatable bonds is 7. The second kappa shape index (κ2) is 9.85. The van der Waals surface area contributed by atoms with Gasteiger partial charge >= 0.3 is 5.97 Å². The zero-order valence-corrected chi connectivity index (χ0v) is 18.2. The summed E-state index contributed by atoms with van der Waals surface area (Å²) in [5.41, 5.74) is 2.90. The second-order valence-electron chi connectivity index (χ2n) is 7.67. The molecule has 0 aliphatic carbocycles. The molecule has 3 aromatic rings. The molecule has 1 N–H and O–H groups in total. The van der Waals surface area contributed by atoms with Gasteiger partial charge in [0.15, 0.2) is 0 Å². The monoisotopic (exact) mass is 419 g/mol. The normalized spacial score (nSPS) is 15.2. The van der Waals surface area contributed by atoms with E-state index in [4.69, 9.17) is 4.74 Å². The number of fused-ring (bicyclic) bond motifs is 1. The molecule has 0 spiro atoms. The van der Waals surface area contributed by atoms with E-state index in [1.807, 2.05) is 24.3 Å². The Balaban J connectivity index is 1.49. The van der Waals surface area contributed by atoms with Crippen LogP contribution in [0.3, 0.4) is 0 Å². The summed E-state index contributed by atoms with van der Waals surface area (Å²) in [6.45, 7) is 10.9. The van der Waals surface area contributed by atoms with Crippen molar-refractivity contribution in [2.75, 3.05) is 44.6 Å². The molecule has 2 aromatic carbocycles. The molecule has 1 saturated heterocycles. The average molecular weight is 420 g/mol. The standard InChI is InChI=1S/C24H29N5O2/c1-3-28-13-15-29(16-14-28)17-18-9-11-19(12-10-18)25-22-20-7-5-6-8-21(20)26-23(27-22)24(30)31-4-2/h5-12H,3-4,13-17H2,1-2H3,(H,25,26,27). The van der Waals surface area contributed by atoms with Crippen LogP contribution in [0.4, 0.5) is 11.5 Å². The molecule has 0 radical (unpaired) electrons. The van der Waals surface area contributed by atoms with E-state index in [0.717, 1.165) is 50.3 Å². The highest BCUT2D eigenvalue weighted by Crippen LogP contribution is 2.24. The summed E-state index contributed by atoms with van der Waals surface area (Å²) in [4.78, 5) is 26.0. The average Bonchev–Trinajstić information content (AvgIpc) is 2.81. The molecule has 2 heterocycles. The Labute approximate surface area is 183 Å². The Morgan fingerprint density at radius 2 is 1.68 bits per heavy atom. The molecule has 0 unspecified atom stereocenters. The third-order valence-corrected chi connectivity index (χ3v) is 5.60. The van der Waals surface area contributed by atoms with E-state index in [1.54, 1.807) is 6.92 Å². The zero-order chi connectivity index (χ0) is 21.6. The number of nitrogens with one attached hydrogen (secondary N) is 1.